The van der Waals surface area contributed by atoms with Gasteiger partial charge in [0.15, 0.2) is 5.75 Å². The SMILES string of the molecule is COC(=O)c1ccc(C(=O)OC)c(/N=N/c2c(O)c(C(=O)Nc3ccccc3)cc3ccccc23)c1. The fraction of sp³-hybridized carbons (Fsp3) is 0.0741. The number of amides is 1. The Labute approximate surface area is 206 Å². The van der Waals surface area contributed by atoms with Crippen LogP contribution < -0.4 is 5.32 Å². The van der Waals surface area contributed by atoms with Crippen molar-refractivity contribution in [3.05, 3.63) is 95.6 Å². The summed E-state index contributed by atoms with van der Waals surface area (Å²) in [5.41, 5.74) is 0.779. The van der Waals surface area contributed by atoms with Crippen LogP contribution in [-0.2, 0) is 9.47 Å². The van der Waals surface area contributed by atoms with E-state index in [1.807, 2.05) is 6.07 Å². The van der Waals surface area contributed by atoms with Gasteiger partial charge >= 0.3 is 11.9 Å². The summed E-state index contributed by atoms with van der Waals surface area (Å²) >= 11 is 0. The van der Waals surface area contributed by atoms with Gasteiger partial charge in [0.25, 0.3) is 5.91 Å². The van der Waals surface area contributed by atoms with Crippen molar-refractivity contribution in [2.75, 3.05) is 19.5 Å². The molecule has 0 aliphatic heterocycles. The molecule has 180 valence electrons. The Morgan fingerprint density at radius 3 is 2.19 bits per heavy atom. The van der Waals surface area contributed by atoms with Crippen molar-refractivity contribution in [3.63, 3.8) is 0 Å². The van der Waals surface area contributed by atoms with Crippen LogP contribution in [0.25, 0.3) is 10.8 Å². The molecule has 0 aliphatic carbocycles. The third-order valence-corrected chi connectivity index (χ3v) is 5.35. The van der Waals surface area contributed by atoms with Crippen LogP contribution in [0.1, 0.15) is 31.1 Å². The summed E-state index contributed by atoms with van der Waals surface area (Å²) in [4.78, 5) is 37.2. The Hall–Kier alpha value is -5.05. The lowest BCUT2D eigenvalue weighted by Gasteiger charge is -2.11. The number of methoxy groups -OCH3 is 2. The second kappa shape index (κ2) is 10.5. The molecule has 1 amide bonds. The van der Waals surface area contributed by atoms with Crippen molar-refractivity contribution in [1.82, 2.24) is 0 Å². The third-order valence-electron chi connectivity index (χ3n) is 5.35. The van der Waals surface area contributed by atoms with Gasteiger partial charge in [-0.25, -0.2) is 9.59 Å². The van der Waals surface area contributed by atoms with Gasteiger partial charge in [0.2, 0.25) is 0 Å². The van der Waals surface area contributed by atoms with Gasteiger partial charge in [0, 0.05) is 11.1 Å². The summed E-state index contributed by atoms with van der Waals surface area (Å²) in [6.07, 6.45) is 0. The van der Waals surface area contributed by atoms with Crippen LogP contribution in [0.2, 0.25) is 0 Å². The summed E-state index contributed by atoms with van der Waals surface area (Å²) in [5, 5.41) is 23.3. The zero-order valence-corrected chi connectivity index (χ0v) is 19.4. The van der Waals surface area contributed by atoms with Crippen LogP contribution in [0.3, 0.4) is 0 Å². The third kappa shape index (κ3) is 4.90. The molecule has 4 aromatic rings. The molecule has 4 rings (SSSR count). The van der Waals surface area contributed by atoms with E-state index in [2.05, 4.69) is 15.5 Å². The van der Waals surface area contributed by atoms with Crippen LogP contribution >= 0.6 is 0 Å². The highest BCUT2D eigenvalue weighted by Crippen LogP contribution is 2.40. The Kier molecular flexibility index (Phi) is 7.01. The molecular weight excluding hydrogens is 462 g/mol. The van der Waals surface area contributed by atoms with Crippen LogP contribution in [0.4, 0.5) is 17.1 Å². The van der Waals surface area contributed by atoms with Crippen LogP contribution in [-0.4, -0.2) is 37.2 Å². The smallest absolute Gasteiger partial charge is 0.340 e. The first-order valence-electron chi connectivity index (χ1n) is 10.8. The molecular formula is C27H21N3O6. The molecule has 0 aromatic heterocycles. The number of nitrogens with one attached hydrogen (secondary N) is 1. The first kappa shape index (κ1) is 24.1. The van der Waals surface area contributed by atoms with Gasteiger partial charge in [0.05, 0.1) is 30.9 Å². The van der Waals surface area contributed by atoms with E-state index in [4.69, 9.17) is 9.47 Å². The number of carbonyl (C=O) groups is 3. The number of phenols is 1. The van der Waals surface area contributed by atoms with E-state index in [1.165, 1.54) is 32.4 Å². The number of nitrogens with zero attached hydrogens (tertiary/aromatic N) is 2. The molecule has 0 spiro atoms. The number of anilines is 1. The summed E-state index contributed by atoms with van der Waals surface area (Å²) in [6, 6.07) is 21.5. The Morgan fingerprint density at radius 1 is 0.778 bits per heavy atom. The maximum Gasteiger partial charge on any atom is 0.340 e. The second-order valence-corrected chi connectivity index (χ2v) is 7.58. The summed E-state index contributed by atoms with van der Waals surface area (Å²) in [5.74, 6) is -2.25. The minimum absolute atomic E-state index is 0.0111. The second-order valence-electron chi connectivity index (χ2n) is 7.58. The molecule has 0 aliphatic rings. The molecule has 9 heteroatoms. The number of carbonyl (C=O) groups excluding carboxylic acids is 3. The molecule has 0 fully saturated rings. The summed E-state index contributed by atoms with van der Waals surface area (Å²) < 4.78 is 9.53. The zero-order valence-electron chi connectivity index (χ0n) is 19.4. The molecule has 0 radical (unpaired) electrons. The molecule has 0 bridgehead atoms. The van der Waals surface area contributed by atoms with Gasteiger partial charge in [-0.1, -0.05) is 42.5 Å². The standard InChI is InChI=1S/C27H21N3O6/c1-35-26(33)17-12-13-20(27(34)36-2)22(15-17)29-30-23-19-11-7-6-8-16(19)14-21(24(23)31)25(32)28-18-9-4-3-5-10-18/h3-15,31H,1-2H3,(H,28,32)/b30-29+. The maximum absolute atomic E-state index is 13.0. The lowest BCUT2D eigenvalue weighted by Crippen LogP contribution is -2.12. The van der Waals surface area contributed by atoms with Crippen molar-refractivity contribution in [2.24, 2.45) is 10.2 Å². The molecule has 9 nitrogen and oxygen atoms in total. The van der Waals surface area contributed by atoms with E-state index in [0.717, 1.165) is 0 Å². The predicted molar refractivity (Wildman–Crippen MR) is 133 cm³/mol. The number of aromatic hydroxyl groups is 1. The fourth-order valence-electron chi connectivity index (χ4n) is 3.56. The average molecular weight is 483 g/mol. The number of rotatable bonds is 6. The normalized spacial score (nSPS) is 10.8. The summed E-state index contributed by atoms with van der Waals surface area (Å²) in [7, 11) is 2.44. The minimum Gasteiger partial charge on any atom is -0.505 e. The van der Waals surface area contributed by atoms with Gasteiger partial charge in [-0.05, 0) is 41.8 Å². The zero-order chi connectivity index (χ0) is 25.7. The van der Waals surface area contributed by atoms with Crippen LogP contribution in [0.15, 0.2) is 89.1 Å². The van der Waals surface area contributed by atoms with E-state index in [-0.39, 0.29) is 28.1 Å². The first-order valence-corrected chi connectivity index (χ1v) is 10.8. The molecule has 0 atom stereocenters. The quantitative estimate of drug-likeness (QED) is 0.264. The number of para-hydroxylation sites is 1. The van der Waals surface area contributed by atoms with Crippen LogP contribution in [0, 0.1) is 0 Å². The van der Waals surface area contributed by atoms with Gasteiger partial charge in [-0.3, -0.25) is 4.79 Å². The predicted octanol–water partition coefficient (Wildman–Crippen LogP) is 5.79. The monoisotopic (exact) mass is 483 g/mol. The number of fused-ring (bicyclic) bond motifs is 1. The van der Waals surface area contributed by atoms with Crippen molar-refractivity contribution >= 4 is 45.7 Å². The topological polar surface area (TPSA) is 127 Å². The molecule has 36 heavy (non-hydrogen) atoms. The number of azo groups is 1. The Morgan fingerprint density at radius 2 is 1.47 bits per heavy atom. The number of esters is 2. The minimum atomic E-state index is -0.689. The van der Waals surface area contributed by atoms with E-state index in [1.54, 1.807) is 54.6 Å². The Balaban J connectivity index is 1.83. The number of benzene rings is 4. The lowest BCUT2D eigenvalue weighted by atomic mass is 10.0. The molecule has 0 unspecified atom stereocenters. The number of phenolic OH excluding ortho intramolecular Hbond substituents is 1. The van der Waals surface area contributed by atoms with Crippen LogP contribution in [0.5, 0.6) is 5.75 Å². The molecule has 0 saturated carbocycles. The summed E-state index contributed by atoms with van der Waals surface area (Å²) in [6.45, 7) is 0. The van der Waals surface area contributed by atoms with Gasteiger partial charge < -0.3 is 19.9 Å². The highest BCUT2D eigenvalue weighted by atomic mass is 16.5. The van der Waals surface area contributed by atoms with E-state index < -0.39 is 23.6 Å². The molecule has 0 saturated heterocycles. The van der Waals surface area contributed by atoms with Crippen molar-refractivity contribution < 1.29 is 29.0 Å². The highest BCUT2D eigenvalue weighted by Gasteiger charge is 2.20. The first-order chi connectivity index (χ1) is 17.4. The average Bonchev–Trinajstić information content (AvgIpc) is 2.91. The van der Waals surface area contributed by atoms with Crippen molar-refractivity contribution in [1.29, 1.82) is 0 Å². The fourth-order valence-corrected chi connectivity index (χ4v) is 3.56. The largest absolute Gasteiger partial charge is 0.505 e. The Bertz CT molecular complexity index is 1500. The van der Waals surface area contributed by atoms with E-state index in [9.17, 15) is 19.5 Å². The molecule has 4 aromatic carbocycles. The molecule has 2 N–H and O–H groups in total. The van der Waals surface area contributed by atoms with Gasteiger partial charge in [-0.15, -0.1) is 10.2 Å². The van der Waals surface area contributed by atoms with Crippen molar-refractivity contribution in [3.8, 4) is 5.75 Å². The maximum atomic E-state index is 13.0. The van der Waals surface area contributed by atoms with E-state index >= 15 is 0 Å². The highest BCUT2D eigenvalue weighted by molar-refractivity contribution is 6.11. The number of ether oxygens (including phenoxy) is 2. The number of hydrogen-bond donors (Lipinski definition) is 2. The molecule has 0 heterocycles. The van der Waals surface area contributed by atoms with Crippen molar-refractivity contribution in [2.45, 2.75) is 0 Å². The van der Waals surface area contributed by atoms with E-state index in [0.29, 0.717) is 16.5 Å². The number of hydrogen-bond acceptors (Lipinski definition) is 8. The van der Waals surface area contributed by atoms with Gasteiger partial charge in [0.1, 0.15) is 11.4 Å². The lowest BCUT2D eigenvalue weighted by molar-refractivity contribution is 0.0587. The van der Waals surface area contributed by atoms with Gasteiger partial charge in [-0.2, -0.15) is 0 Å².